The molecule has 1 heterocycles. The Morgan fingerprint density at radius 3 is 2.72 bits per heavy atom. The number of hydrogen-bond acceptors (Lipinski definition) is 1. The second-order valence-corrected chi connectivity index (χ2v) is 4.39. The fourth-order valence-corrected chi connectivity index (χ4v) is 2.02. The van der Waals surface area contributed by atoms with Gasteiger partial charge in [0.2, 0.25) is 0 Å². The lowest BCUT2D eigenvalue weighted by Crippen LogP contribution is -2.20. The van der Waals surface area contributed by atoms with Gasteiger partial charge >= 0.3 is 0 Å². The second-order valence-electron chi connectivity index (χ2n) is 4.39. The van der Waals surface area contributed by atoms with Gasteiger partial charge < -0.3 is 4.90 Å². The van der Waals surface area contributed by atoms with Crippen LogP contribution in [0.1, 0.15) is 18.9 Å². The van der Waals surface area contributed by atoms with Crippen molar-refractivity contribution in [3.8, 4) is 0 Å². The molecule has 1 aliphatic heterocycles. The minimum Gasteiger partial charge on any atom is -0.374 e. The molecule has 0 aromatic heterocycles. The van der Waals surface area contributed by atoms with Crippen LogP contribution in [0.4, 0.5) is 0 Å². The van der Waals surface area contributed by atoms with Crippen molar-refractivity contribution < 1.29 is 0 Å². The highest BCUT2D eigenvalue weighted by atomic mass is 15.1. The Kier molecular flexibility index (Phi) is 4.22. The van der Waals surface area contributed by atoms with Crippen molar-refractivity contribution in [2.45, 2.75) is 13.3 Å². The maximum Gasteiger partial charge on any atom is 0.0373 e. The molecule has 0 unspecified atom stereocenters. The second kappa shape index (κ2) is 6.09. The first-order valence-electron chi connectivity index (χ1n) is 6.37. The molecular weight excluding hydrogens is 218 g/mol. The van der Waals surface area contributed by atoms with Gasteiger partial charge in [0.1, 0.15) is 0 Å². The topological polar surface area (TPSA) is 3.24 Å². The van der Waals surface area contributed by atoms with E-state index < -0.39 is 0 Å². The van der Waals surface area contributed by atoms with E-state index in [9.17, 15) is 0 Å². The van der Waals surface area contributed by atoms with Crippen molar-refractivity contribution >= 4 is 5.57 Å². The maximum atomic E-state index is 3.32. The molecule has 0 bridgehead atoms. The van der Waals surface area contributed by atoms with E-state index in [2.05, 4.69) is 60.2 Å². The minimum atomic E-state index is 1.08. The summed E-state index contributed by atoms with van der Waals surface area (Å²) in [6, 6.07) is 10.4. The number of nitrogens with zero attached hydrogens (tertiary/aromatic N) is 1. The summed E-state index contributed by atoms with van der Waals surface area (Å²) in [6.07, 6.45) is 9.70. The summed E-state index contributed by atoms with van der Waals surface area (Å²) in [7, 11) is 2.13. The Bertz CT molecular complexity index is 514. The highest BCUT2D eigenvalue weighted by molar-refractivity contribution is 5.74. The van der Waals surface area contributed by atoms with Crippen molar-refractivity contribution in [3.05, 3.63) is 71.6 Å². The monoisotopic (exact) mass is 237 g/mol. The largest absolute Gasteiger partial charge is 0.374 e. The predicted octanol–water partition coefficient (Wildman–Crippen LogP) is 4.02. The van der Waals surface area contributed by atoms with Crippen LogP contribution in [-0.4, -0.2) is 18.5 Å². The third-order valence-electron chi connectivity index (χ3n) is 3.04. The number of rotatable bonds is 2. The molecule has 1 aliphatic rings. The summed E-state index contributed by atoms with van der Waals surface area (Å²) in [5.74, 6) is 0. The van der Waals surface area contributed by atoms with Crippen molar-refractivity contribution in [2.24, 2.45) is 0 Å². The average molecular weight is 237 g/mol. The van der Waals surface area contributed by atoms with E-state index in [0.29, 0.717) is 0 Å². The Balaban J connectivity index is 2.39. The van der Waals surface area contributed by atoms with Crippen molar-refractivity contribution in [1.29, 1.82) is 0 Å². The van der Waals surface area contributed by atoms with Gasteiger partial charge in [0.25, 0.3) is 0 Å². The van der Waals surface area contributed by atoms with Gasteiger partial charge in [-0.1, -0.05) is 36.4 Å². The number of likely N-dealkylation sites (N-methyl/N-ethyl adjacent to an activating group) is 1. The summed E-state index contributed by atoms with van der Waals surface area (Å²) in [4.78, 5) is 2.28. The van der Waals surface area contributed by atoms with Crippen LogP contribution < -0.4 is 0 Å². The first-order chi connectivity index (χ1) is 8.81. The standard InChI is InChI=1S/C17H19N/c1-3-9-16(15-10-5-4-6-11-15)14-17-12-7-8-13-18(17)2/h3-7,10-12,14H,8,13H2,1-2H3/b17-14-. The molecule has 0 aliphatic carbocycles. The highest BCUT2D eigenvalue weighted by Crippen LogP contribution is 2.20. The molecule has 2 rings (SSSR count). The molecule has 0 N–H and O–H groups in total. The van der Waals surface area contributed by atoms with E-state index in [0.717, 1.165) is 18.5 Å². The van der Waals surface area contributed by atoms with Gasteiger partial charge in [-0.05, 0) is 37.1 Å². The van der Waals surface area contributed by atoms with Crippen LogP contribution in [0.2, 0.25) is 0 Å². The van der Waals surface area contributed by atoms with Crippen molar-refractivity contribution in [1.82, 2.24) is 4.90 Å². The molecule has 0 radical (unpaired) electrons. The van der Waals surface area contributed by atoms with Gasteiger partial charge in [-0.25, -0.2) is 0 Å². The van der Waals surface area contributed by atoms with Crippen LogP contribution in [0, 0.1) is 0 Å². The van der Waals surface area contributed by atoms with Gasteiger partial charge in [0.15, 0.2) is 0 Å². The fraction of sp³-hybridized carbons (Fsp3) is 0.235. The zero-order chi connectivity index (χ0) is 12.8. The molecule has 0 atom stereocenters. The van der Waals surface area contributed by atoms with E-state index in [4.69, 9.17) is 0 Å². The quantitative estimate of drug-likeness (QED) is 0.702. The molecule has 1 nitrogen and oxygen atoms in total. The van der Waals surface area contributed by atoms with E-state index >= 15 is 0 Å². The van der Waals surface area contributed by atoms with Crippen molar-refractivity contribution in [2.75, 3.05) is 13.6 Å². The lowest BCUT2D eigenvalue weighted by atomic mass is 10.0. The average Bonchev–Trinajstić information content (AvgIpc) is 2.42. The summed E-state index contributed by atoms with van der Waals surface area (Å²) in [5.41, 5.74) is 6.90. The first kappa shape index (κ1) is 12.5. The van der Waals surface area contributed by atoms with E-state index in [-0.39, 0.29) is 0 Å². The van der Waals surface area contributed by atoms with E-state index in [1.54, 1.807) is 0 Å². The Morgan fingerprint density at radius 1 is 1.28 bits per heavy atom. The molecule has 0 saturated carbocycles. The third-order valence-corrected chi connectivity index (χ3v) is 3.04. The molecular formula is C17H19N. The normalized spacial score (nSPS) is 16.6. The number of hydrogen-bond donors (Lipinski definition) is 0. The molecule has 18 heavy (non-hydrogen) atoms. The highest BCUT2D eigenvalue weighted by Gasteiger charge is 2.06. The van der Waals surface area contributed by atoms with Crippen LogP contribution >= 0.6 is 0 Å². The van der Waals surface area contributed by atoms with Gasteiger partial charge in [-0.3, -0.25) is 0 Å². The van der Waals surface area contributed by atoms with Crippen LogP contribution in [0.25, 0.3) is 5.57 Å². The Hall–Kier alpha value is -1.98. The van der Waals surface area contributed by atoms with E-state index in [1.165, 1.54) is 11.3 Å². The fourth-order valence-electron chi connectivity index (χ4n) is 2.02. The smallest absolute Gasteiger partial charge is 0.0373 e. The van der Waals surface area contributed by atoms with E-state index in [1.807, 2.05) is 19.1 Å². The van der Waals surface area contributed by atoms with Crippen LogP contribution in [0.3, 0.4) is 0 Å². The molecule has 0 fully saturated rings. The zero-order valence-electron chi connectivity index (χ0n) is 11.1. The lowest BCUT2D eigenvalue weighted by Gasteiger charge is -2.23. The Morgan fingerprint density at radius 2 is 2.06 bits per heavy atom. The van der Waals surface area contributed by atoms with Crippen molar-refractivity contribution in [3.63, 3.8) is 0 Å². The lowest BCUT2D eigenvalue weighted by molar-refractivity contribution is 0.428. The first-order valence-corrected chi connectivity index (χ1v) is 6.37. The molecule has 0 amide bonds. The van der Waals surface area contributed by atoms with Crippen LogP contribution in [0.15, 0.2) is 66.1 Å². The summed E-state index contributed by atoms with van der Waals surface area (Å²) in [6.45, 7) is 3.09. The SMILES string of the molecule is CC=C=C(/C=C1/C=CCCN1C)c1ccccc1. The van der Waals surface area contributed by atoms with Crippen LogP contribution in [0.5, 0.6) is 0 Å². The van der Waals surface area contributed by atoms with Gasteiger partial charge in [0.05, 0.1) is 0 Å². The molecule has 0 saturated heterocycles. The molecule has 1 aromatic carbocycles. The summed E-state index contributed by atoms with van der Waals surface area (Å²) < 4.78 is 0. The summed E-state index contributed by atoms with van der Waals surface area (Å²) in [5, 5.41) is 0. The molecule has 1 aromatic rings. The van der Waals surface area contributed by atoms with Gasteiger partial charge in [0, 0.05) is 24.9 Å². The van der Waals surface area contributed by atoms with Gasteiger partial charge in [-0.15, -0.1) is 5.73 Å². The summed E-state index contributed by atoms with van der Waals surface area (Å²) >= 11 is 0. The predicted molar refractivity (Wildman–Crippen MR) is 78.1 cm³/mol. The number of allylic oxidation sites excluding steroid dienone is 3. The molecule has 92 valence electrons. The molecule has 1 heteroatoms. The van der Waals surface area contributed by atoms with Gasteiger partial charge in [-0.2, -0.15) is 0 Å². The maximum absolute atomic E-state index is 3.32. The molecule has 0 spiro atoms. The minimum absolute atomic E-state index is 1.08. The van der Waals surface area contributed by atoms with Crippen LogP contribution in [-0.2, 0) is 0 Å². The Labute approximate surface area is 109 Å². The number of benzene rings is 1. The zero-order valence-corrected chi connectivity index (χ0v) is 11.1. The third kappa shape index (κ3) is 3.03.